The molecule has 8 heteroatoms. The smallest absolute Gasteiger partial charge is 0.149 e. The lowest BCUT2D eigenvalue weighted by Crippen LogP contribution is -2.17. The SMILES string of the molecule is Cc1c2ccc(F)c1N=C(N)/C(c1cc(CN)nn1C)=C\C(=C/N=CN)CCCC2. The molecule has 0 amide bonds. The van der Waals surface area contributed by atoms with Crippen molar-refractivity contribution in [1.29, 1.82) is 0 Å². The molecule has 1 aromatic carbocycles. The van der Waals surface area contributed by atoms with Crippen LogP contribution < -0.4 is 17.2 Å². The summed E-state index contributed by atoms with van der Waals surface area (Å²) in [6.45, 7) is 2.19. The Hall–Kier alpha value is -3.26. The van der Waals surface area contributed by atoms with Gasteiger partial charge in [-0.25, -0.2) is 14.4 Å². The van der Waals surface area contributed by atoms with Crippen LogP contribution in [0.4, 0.5) is 10.1 Å². The van der Waals surface area contributed by atoms with Crippen LogP contribution in [0, 0.1) is 12.7 Å². The molecule has 2 bridgehead atoms. The zero-order valence-electron chi connectivity index (χ0n) is 17.4. The zero-order chi connectivity index (χ0) is 21.7. The van der Waals surface area contributed by atoms with Gasteiger partial charge in [0.05, 0.1) is 17.7 Å². The minimum absolute atomic E-state index is 0.198. The Labute approximate surface area is 175 Å². The predicted octanol–water partition coefficient (Wildman–Crippen LogP) is 3.00. The molecular weight excluding hydrogens is 381 g/mol. The third kappa shape index (κ3) is 4.65. The first-order valence-corrected chi connectivity index (χ1v) is 9.94. The van der Waals surface area contributed by atoms with Gasteiger partial charge in [0.25, 0.3) is 0 Å². The molecule has 1 aliphatic rings. The van der Waals surface area contributed by atoms with E-state index in [1.54, 1.807) is 10.9 Å². The molecule has 0 fully saturated rings. The minimum Gasteiger partial charge on any atom is -0.390 e. The summed E-state index contributed by atoms with van der Waals surface area (Å²) in [6.07, 6.45) is 8.42. The first-order valence-electron chi connectivity index (χ1n) is 9.94. The maximum absolute atomic E-state index is 14.6. The van der Waals surface area contributed by atoms with E-state index in [9.17, 15) is 4.39 Å². The molecule has 2 aromatic rings. The lowest BCUT2D eigenvalue weighted by Gasteiger charge is -2.14. The molecule has 30 heavy (non-hydrogen) atoms. The highest BCUT2D eigenvalue weighted by atomic mass is 19.1. The first-order chi connectivity index (χ1) is 14.4. The summed E-state index contributed by atoms with van der Waals surface area (Å²) in [4.78, 5) is 8.58. The van der Waals surface area contributed by atoms with Gasteiger partial charge < -0.3 is 17.2 Å². The minimum atomic E-state index is -0.397. The summed E-state index contributed by atoms with van der Waals surface area (Å²) in [6, 6.07) is 5.15. The molecule has 0 aliphatic carbocycles. The molecule has 1 aromatic heterocycles. The Kier molecular flexibility index (Phi) is 6.79. The maximum atomic E-state index is 14.6. The van der Waals surface area contributed by atoms with Crippen molar-refractivity contribution in [2.45, 2.75) is 39.2 Å². The highest BCUT2D eigenvalue weighted by molar-refractivity contribution is 6.22. The van der Waals surface area contributed by atoms with Gasteiger partial charge in [-0.2, -0.15) is 5.10 Å². The van der Waals surface area contributed by atoms with E-state index in [0.717, 1.165) is 53.8 Å². The van der Waals surface area contributed by atoms with Crippen LogP contribution in [-0.2, 0) is 20.0 Å². The lowest BCUT2D eigenvalue weighted by molar-refractivity contribution is 0.627. The van der Waals surface area contributed by atoms with Crippen LogP contribution in [0.25, 0.3) is 5.57 Å². The van der Waals surface area contributed by atoms with Crippen LogP contribution in [0.5, 0.6) is 0 Å². The highest BCUT2D eigenvalue weighted by Crippen LogP contribution is 2.30. The number of aliphatic imine (C=N–C) groups is 2. The fourth-order valence-electron chi connectivity index (χ4n) is 3.60. The van der Waals surface area contributed by atoms with Gasteiger partial charge in [0.15, 0.2) is 0 Å². The quantitative estimate of drug-likeness (QED) is 0.533. The number of aryl methyl sites for hydroxylation is 2. The van der Waals surface area contributed by atoms with E-state index in [0.29, 0.717) is 12.1 Å². The molecule has 3 rings (SSSR count). The van der Waals surface area contributed by atoms with Crippen LogP contribution in [0.3, 0.4) is 0 Å². The number of hydrogen-bond donors (Lipinski definition) is 3. The fraction of sp³-hybridized carbons (Fsp3) is 0.318. The summed E-state index contributed by atoms with van der Waals surface area (Å²) in [7, 11) is 1.81. The Morgan fingerprint density at radius 3 is 2.73 bits per heavy atom. The third-order valence-corrected chi connectivity index (χ3v) is 5.24. The second kappa shape index (κ2) is 9.49. The number of fused-ring (bicyclic) bond motifs is 2. The summed E-state index contributed by atoms with van der Waals surface area (Å²) >= 11 is 0. The summed E-state index contributed by atoms with van der Waals surface area (Å²) in [5, 5.41) is 4.41. The number of allylic oxidation sites excluding steroid dienone is 2. The second-order valence-corrected chi connectivity index (χ2v) is 7.29. The van der Waals surface area contributed by atoms with Crippen LogP contribution in [0.1, 0.15) is 41.8 Å². The largest absolute Gasteiger partial charge is 0.390 e. The van der Waals surface area contributed by atoms with E-state index in [1.165, 1.54) is 12.4 Å². The highest BCUT2D eigenvalue weighted by Gasteiger charge is 2.17. The molecule has 158 valence electrons. The molecule has 0 saturated carbocycles. The molecule has 0 spiro atoms. The lowest BCUT2D eigenvalue weighted by atomic mass is 9.97. The van der Waals surface area contributed by atoms with Crippen molar-refractivity contribution >= 4 is 23.4 Å². The van der Waals surface area contributed by atoms with Gasteiger partial charge in [-0.15, -0.1) is 0 Å². The zero-order valence-corrected chi connectivity index (χ0v) is 17.4. The number of halogens is 1. The number of benzene rings is 1. The molecule has 0 saturated heterocycles. The van der Waals surface area contributed by atoms with Gasteiger partial charge in [-0.05, 0) is 67.5 Å². The average molecular weight is 410 g/mol. The van der Waals surface area contributed by atoms with Gasteiger partial charge in [-0.1, -0.05) is 6.07 Å². The monoisotopic (exact) mass is 409 g/mol. The van der Waals surface area contributed by atoms with Gasteiger partial charge in [0, 0.05) is 25.4 Å². The molecule has 0 atom stereocenters. The molecule has 6 N–H and O–H groups in total. The van der Waals surface area contributed by atoms with Crippen molar-refractivity contribution in [3.8, 4) is 0 Å². The van der Waals surface area contributed by atoms with Crippen LogP contribution >= 0.6 is 0 Å². The predicted molar refractivity (Wildman–Crippen MR) is 120 cm³/mol. The number of rotatable bonds is 3. The molecule has 7 nitrogen and oxygen atoms in total. The van der Waals surface area contributed by atoms with Gasteiger partial charge in [0.1, 0.15) is 17.3 Å². The van der Waals surface area contributed by atoms with E-state index in [4.69, 9.17) is 17.2 Å². The summed E-state index contributed by atoms with van der Waals surface area (Å²) in [5.41, 5.74) is 22.8. The molecule has 0 unspecified atom stereocenters. The second-order valence-electron chi connectivity index (χ2n) is 7.29. The molecule has 2 heterocycles. The topological polar surface area (TPSA) is 121 Å². The van der Waals surface area contributed by atoms with Crippen LogP contribution in [-0.4, -0.2) is 22.0 Å². The van der Waals surface area contributed by atoms with Crippen LogP contribution in [0.15, 0.2) is 46.0 Å². The Morgan fingerprint density at radius 2 is 2.03 bits per heavy atom. The van der Waals surface area contributed by atoms with Gasteiger partial charge in [0.2, 0.25) is 0 Å². The number of nitrogens with two attached hydrogens (primary N) is 3. The summed E-state index contributed by atoms with van der Waals surface area (Å²) < 4.78 is 16.3. The normalized spacial score (nSPS) is 18.6. The summed E-state index contributed by atoms with van der Waals surface area (Å²) in [5.74, 6) is -0.198. The Balaban J connectivity index is 2.24. The van der Waals surface area contributed by atoms with Crippen molar-refractivity contribution in [1.82, 2.24) is 9.78 Å². The van der Waals surface area contributed by atoms with Crippen molar-refractivity contribution in [2.75, 3.05) is 0 Å². The molecular formula is C22H28FN7. The van der Waals surface area contributed by atoms with Crippen molar-refractivity contribution in [2.24, 2.45) is 34.2 Å². The number of amidine groups is 1. The van der Waals surface area contributed by atoms with E-state index in [1.807, 2.05) is 32.2 Å². The van der Waals surface area contributed by atoms with E-state index in [2.05, 4.69) is 15.1 Å². The first kappa shape index (κ1) is 21.4. The van der Waals surface area contributed by atoms with Crippen LogP contribution in [0.2, 0.25) is 0 Å². The van der Waals surface area contributed by atoms with Crippen molar-refractivity contribution in [3.05, 3.63) is 64.4 Å². The Morgan fingerprint density at radius 1 is 1.27 bits per heavy atom. The Bertz CT molecular complexity index is 1040. The van der Waals surface area contributed by atoms with E-state index < -0.39 is 5.82 Å². The van der Waals surface area contributed by atoms with E-state index >= 15 is 0 Å². The molecule has 1 aliphatic heterocycles. The molecule has 0 radical (unpaired) electrons. The standard InChI is InChI=1S/C22H28FN7/c1-14-16-6-4-3-5-15(12-27-13-25)9-18(20-10-17(11-24)29-30(20)2)22(26)28-21(14)19(23)8-7-16/h7-10,12-13H,3-6,11,24H2,1-2H3,(H2,25,27)(H2,26,28)/b15-12-,18-9-. The fourth-order valence-corrected chi connectivity index (χ4v) is 3.60. The van der Waals surface area contributed by atoms with E-state index in [-0.39, 0.29) is 11.5 Å². The average Bonchev–Trinajstić information content (AvgIpc) is 3.10. The number of nitrogens with zero attached hydrogens (tertiary/aromatic N) is 4. The van der Waals surface area contributed by atoms with Crippen molar-refractivity contribution in [3.63, 3.8) is 0 Å². The van der Waals surface area contributed by atoms with Crippen molar-refractivity contribution < 1.29 is 4.39 Å². The van der Waals surface area contributed by atoms with Gasteiger partial charge >= 0.3 is 0 Å². The third-order valence-electron chi connectivity index (χ3n) is 5.24. The number of hydrogen-bond acceptors (Lipinski definition) is 5. The number of aromatic nitrogens is 2. The maximum Gasteiger partial charge on any atom is 0.149 e. The van der Waals surface area contributed by atoms with Gasteiger partial charge in [-0.3, -0.25) is 4.68 Å².